The van der Waals surface area contributed by atoms with Crippen molar-refractivity contribution in [3.05, 3.63) is 140 Å². The van der Waals surface area contributed by atoms with Crippen LogP contribution in [0, 0.1) is 0 Å². The van der Waals surface area contributed by atoms with Crippen LogP contribution in [0.3, 0.4) is 0 Å². The Kier molecular flexibility index (Phi) is 11.5. The van der Waals surface area contributed by atoms with Gasteiger partial charge in [-0.15, -0.1) is 0 Å². The van der Waals surface area contributed by atoms with Gasteiger partial charge in [-0.3, -0.25) is 28.6 Å². The Morgan fingerprint density at radius 1 is 0.827 bits per heavy atom. The number of hydrogen-bond donors (Lipinski definition) is 2. The van der Waals surface area contributed by atoms with Gasteiger partial charge in [-0.1, -0.05) is 83.9 Å². The number of oxazole rings is 1. The second-order valence-electron chi connectivity index (χ2n) is 12.6. The highest BCUT2D eigenvalue weighted by Crippen LogP contribution is 2.24. The lowest BCUT2D eigenvalue weighted by Crippen LogP contribution is -2.51. The van der Waals surface area contributed by atoms with E-state index in [9.17, 15) is 29.1 Å². The number of aliphatic hydroxyl groups excluding tert-OH is 1. The zero-order chi connectivity index (χ0) is 36.8. The van der Waals surface area contributed by atoms with Crippen LogP contribution in [0.1, 0.15) is 44.7 Å². The predicted molar refractivity (Wildman–Crippen MR) is 196 cm³/mol. The molecule has 0 unspecified atom stereocenters. The van der Waals surface area contributed by atoms with Gasteiger partial charge in [-0.05, 0) is 60.4 Å². The molecular formula is C39H36Cl2N4O7. The second kappa shape index (κ2) is 16.4. The van der Waals surface area contributed by atoms with Crippen molar-refractivity contribution in [2.75, 3.05) is 19.6 Å². The Morgan fingerprint density at radius 2 is 1.50 bits per heavy atom. The van der Waals surface area contributed by atoms with Gasteiger partial charge < -0.3 is 19.7 Å². The normalized spacial score (nSPS) is 13.6. The number of benzene rings is 4. The van der Waals surface area contributed by atoms with Crippen LogP contribution in [-0.2, 0) is 29.0 Å². The van der Waals surface area contributed by atoms with Gasteiger partial charge in [-0.2, -0.15) is 0 Å². The van der Waals surface area contributed by atoms with Crippen molar-refractivity contribution in [2.24, 2.45) is 0 Å². The maximum Gasteiger partial charge on any atom is 0.419 e. The topological polar surface area (TPSA) is 142 Å². The molecule has 5 aromatic rings. The maximum atomic E-state index is 13.8. The van der Waals surface area contributed by atoms with Crippen LogP contribution in [-0.4, -0.2) is 74.9 Å². The Balaban J connectivity index is 1.18. The SMILES string of the molecule is O=C(CCn1c(=O)oc2ccccc21)N[C@@H](Cc1ccccc1)[C@@H](O)CN(CCc1ccc(Cl)cc1Cl)C(=O)CCN1C(=O)c2ccccc2C1=O. The molecule has 1 aliphatic heterocycles. The van der Waals surface area contributed by atoms with Gasteiger partial charge in [0.05, 0.1) is 28.8 Å². The zero-order valence-electron chi connectivity index (χ0n) is 28.0. The van der Waals surface area contributed by atoms with Crippen molar-refractivity contribution in [3.8, 4) is 0 Å². The van der Waals surface area contributed by atoms with Crippen molar-refractivity contribution in [1.82, 2.24) is 19.7 Å². The fourth-order valence-corrected chi connectivity index (χ4v) is 6.83. The highest BCUT2D eigenvalue weighted by Gasteiger charge is 2.35. The number of nitrogens with one attached hydrogen (secondary N) is 1. The first-order valence-corrected chi connectivity index (χ1v) is 17.6. The van der Waals surface area contributed by atoms with Crippen LogP contribution in [0.5, 0.6) is 0 Å². The minimum atomic E-state index is -1.23. The summed E-state index contributed by atoms with van der Waals surface area (Å²) in [6, 6.07) is 27.0. The van der Waals surface area contributed by atoms with Gasteiger partial charge in [0.1, 0.15) is 0 Å². The summed E-state index contributed by atoms with van der Waals surface area (Å²) in [5.41, 5.74) is 3.13. The van der Waals surface area contributed by atoms with Gasteiger partial charge >= 0.3 is 5.76 Å². The molecule has 0 radical (unpaired) electrons. The van der Waals surface area contributed by atoms with E-state index in [-0.39, 0.29) is 56.6 Å². The number of carbonyl (C=O) groups excluding carboxylic acids is 4. The van der Waals surface area contributed by atoms with E-state index in [2.05, 4.69) is 5.32 Å². The Bertz CT molecular complexity index is 2130. The smallest absolute Gasteiger partial charge is 0.408 e. The first kappa shape index (κ1) is 36.6. The third-order valence-corrected chi connectivity index (χ3v) is 9.69. The minimum Gasteiger partial charge on any atom is -0.408 e. The quantitative estimate of drug-likeness (QED) is 0.142. The number of aryl methyl sites for hydroxylation is 1. The van der Waals surface area contributed by atoms with E-state index in [4.69, 9.17) is 27.6 Å². The number of para-hydroxylation sites is 2. The molecule has 1 aromatic heterocycles. The lowest BCUT2D eigenvalue weighted by Gasteiger charge is -2.31. The molecule has 4 amide bonds. The Morgan fingerprint density at radius 3 is 2.21 bits per heavy atom. The van der Waals surface area contributed by atoms with E-state index in [0.29, 0.717) is 27.6 Å². The van der Waals surface area contributed by atoms with Crippen molar-refractivity contribution >= 4 is 57.9 Å². The number of aromatic nitrogens is 1. The standard InChI is InChI=1S/C39H36Cl2N4O7/c40-27-15-14-26(30(41)23-27)16-19-43(36(48)18-21-45-37(49)28-10-4-5-11-29(28)38(45)50)24-33(46)31(22-25-8-2-1-3-9-25)42-35(47)17-20-44-32-12-6-7-13-34(32)52-39(44)51/h1-15,23,31,33,46H,16-22,24H2,(H,42,47)/t31-,33-/m0/s1. The number of halogens is 2. The summed E-state index contributed by atoms with van der Waals surface area (Å²) in [7, 11) is 0. The highest BCUT2D eigenvalue weighted by atomic mass is 35.5. The van der Waals surface area contributed by atoms with Crippen LogP contribution in [0.15, 0.2) is 106 Å². The van der Waals surface area contributed by atoms with E-state index in [0.717, 1.165) is 16.0 Å². The molecule has 2 N–H and O–H groups in total. The van der Waals surface area contributed by atoms with Gasteiger partial charge in [0.2, 0.25) is 11.8 Å². The zero-order valence-corrected chi connectivity index (χ0v) is 29.6. The molecule has 2 heterocycles. The van der Waals surface area contributed by atoms with Crippen molar-refractivity contribution < 1.29 is 28.7 Å². The third-order valence-electron chi connectivity index (χ3n) is 9.10. The van der Waals surface area contributed by atoms with Crippen molar-refractivity contribution in [1.29, 1.82) is 0 Å². The van der Waals surface area contributed by atoms with Crippen molar-refractivity contribution in [3.63, 3.8) is 0 Å². The third kappa shape index (κ3) is 8.45. The molecule has 11 nitrogen and oxygen atoms in total. The monoisotopic (exact) mass is 742 g/mol. The first-order chi connectivity index (χ1) is 25.1. The summed E-state index contributed by atoms with van der Waals surface area (Å²) in [6.45, 7) is -0.122. The average Bonchev–Trinajstić information content (AvgIpc) is 3.59. The fourth-order valence-electron chi connectivity index (χ4n) is 6.33. The van der Waals surface area contributed by atoms with Gasteiger partial charge in [0.25, 0.3) is 11.8 Å². The van der Waals surface area contributed by atoms with E-state index in [1.165, 1.54) is 9.47 Å². The van der Waals surface area contributed by atoms with Crippen LogP contribution in [0.25, 0.3) is 11.1 Å². The first-order valence-electron chi connectivity index (χ1n) is 16.9. The summed E-state index contributed by atoms with van der Waals surface area (Å²) < 4.78 is 6.67. The lowest BCUT2D eigenvalue weighted by molar-refractivity contribution is -0.133. The summed E-state index contributed by atoms with van der Waals surface area (Å²) in [5, 5.41) is 15.5. The molecule has 0 spiro atoms. The average molecular weight is 744 g/mol. The molecule has 52 heavy (non-hydrogen) atoms. The van der Waals surface area contributed by atoms with E-state index < -0.39 is 41.5 Å². The minimum absolute atomic E-state index is 0.0557. The van der Waals surface area contributed by atoms with E-state index >= 15 is 0 Å². The number of imide groups is 1. The van der Waals surface area contributed by atoms with E-state index in [1.54, 1.807) is 66.7 Å². The number of aliphatic hydroxyl groups is 1. The summed E-state index contributed by atoms with van der Waals surface area (Å²) in [6.07, 6.45) is -0.909. The molecule has 2 atom stereocenters. The summed E-state index contributed by atoms with van der Waals surface area (Å²) in [5.74, 6) is -2.33. The van der Waals surface area contributed by atoms with Crippen molar-refractivity contribution in [2.45, 2.75) is 44.4 Å². The molecule has 4 aromatic carbocycles. The van der Waals surface area contributed by atoms with Crippen LogP contribution in [0.2, 0.25) is 10.0 Å². The molecule has 0 bridgehead atoms. The molecule has 13 heteroatoms. The number of nitrogens with zero attached hydrogens (tertiary/aromatic N) is 3. The summed E-state index contributed by atoms with van der Waals surface area (Å²) in [4.78, 5) is 68.1. The molecule has 268 valence electrons. The number of fused-ring (bicyclic) bond motifs is 2. The number of hydrogen-bond acceptors (Lipinski definition) is 7. The largest absolute Gasteiger partial charge is 0.419 e. The molecule has 0 aliphatic carbocycles. The Hall–Kier alpha value is -5.23. The number of amides is 4. The van der Waals surface area contributed by atoms with Gasteiger partial charge in [0, 0.05) is 49.1 Å². The fraction of sp³-hybridized carbons (Fsp3) is 0.256. The van der Waals surface area contributed by atoms with Crippen LogP contribution in [0.4, 0.5) is 0 Å². The maximum absolute atomic E-state index is 13.8. The van der Waals surface area contributed by atoms with Gasteiger partial charge in [0.15, 0.2) is 5.58 Å². The molecule has 0 saturated carbocycles. The second-order valence-corrected chi connectivity index (χ2v) is 13.4. The van der Waals surface area contributed by atoms with Crippen LogP contribution >= 0.6 is 23.2 Å². The predicted octanol–water partition coefficient (Wildman–Crippen LogP) is 5.14. The lowest BCUT2D eigenvalue weighted by atomic mass is 10.00. The van der Waals surface area contributed by atoms with Crippen LogP contribution < -0.4 is 11.1 Å². The Labute approximate surface area is 309 Å². The number of carbonyl (C=O) groups is 4. The molecule has 1 aliphatic rings. The van der Waals surface area contributed by atoms with Gasteiger partial charge in [-0.25, -0.2) is 4.79 Å². The molecule has 6 rings (SSSR count). The molecular weight excluding hydrogens is 707 g/mol. The highest BCUT2D eigenvalue weighted by molar-refractivity contribution is 6.35. The molecule has 0 fully saturated rings. The number of rotatable bonds is 15. The summed E-state index contributed by atoms with van der Waals surface area (Å²) >= 11 is 12.5. The molecule has 0 saturated heterocycles. The van der Waals surface area contributed by atoms with E-state index in [1.807, 2.05) is 30.3 Å².